The van der Waals surface area contributed by atoms with Gasteiger partial charge in [0, 0.05) is 0 Å². The molecule has 0 spiro atoms. The van der Waals surface area contributed by atoms with Gasteiger partial charge in [-0.3, -0.25) is 4.79 Å². The molecule has 0 aromatic heterocycles. The number of aliphatic hydroxyl groups excluding tert-OH is 1. The van der Waals surface area contributed by atoms with E-state index >= 15 is 0 Å². The van der Waals surface area contributed by atoms with Crippen molar-refractivity contribution in [3.05, 3.63) is 46.8 Å². The highest BCUT2D eigenvalue weighted by Crippen LogP contribution is 2.43. The van der Waals surface area contributed by atoms with Crippen LogP contribution in [0.25, 0.3) is 5.76 Å². The van der Waals surface area contributed by atoms with Gasteiger partial charge in [-0.25, -0.2) is 4.79 Å². The first-order chi connectivity index (χ1) is 10.5. The van der Waals surface area contributed by atoms with Crippen LogP contribution in [-0.4, -0.2) is 22.0 Å². The summed E-state index contributed by atoms with van der Waals surface area (Å²) in [7, 11) is 0. The number of aliphatic carboxylic acids is 1. The van der Waals surface area contributed by atoms with Crippen molar-refractivity contribution in [1.29, 1.82) is 0 Å². The predicted octanol–water partition coefficient (Wildman–Crippen LogP) is 6.11. The van der Waals surface area contributed by atoms with E-state index in [-0.39, 0.29) is 25.7 Å². The van der Waals surface area contributed by atoms with Crippen LogP contribution >= 0.6 is 81.2 Å². The Morgan fingerprint density at radius 3 is 1.61 bits per heavy atom. The number of halogens is 7. The highest BCUT2D eigenvalue weighted by atomic mass is 35.5. The Bertz CT molecular complexity index is 741. The van der Waals surface area contributed by atoms with E-state index in [1.807, 2.05) is 0 Å². The molecule has 0 unspecified atom stereocenters. The Morgan fingerprint density at radius 2 is 1.22 bits per heavy atom. The molecule has 0 saturated carbocycles. The average Bonchev–Trinajstić information content (AvgIpc) is 2.49. The lowest BCUT2D eigenvalue weighted by Crippen LogP contribution is -2.13. The second kappa shape index (κ2) is 8.17. The number of carbonyl (C=O) groups is 2. The lowest BCUT2D eigenvalue weighted by Gasteiger charge is -2.11. The number of ketones is 1. The maximum Gasteiger partial charge on any atom is 0.378 e. The van der Waals surface area contributed by atoms with Gasteiger partial charge in [-0.2, -0.15) is 0 Å². The number of carbonyl (C=O) groups excluding carboxylic acids is 1. The Kier molecular flexibility index (Phi) is 7.36. The maximum absolute atomic E-state index is 11.3. The number of carboxylic acids is 1. The molecule has 0 aliphatic rings. The molecular formula is C12H3Cl7O4. The molecule has 0 fully saturated rings. The molecule has 23 heavy (non-hydrogen) atoms. The zero-order chi connectivity index (χ0) is 18.1. The second-order valence-corrected chi connectivity index (χ2v) is 6.47. The summed E-state index contributed by atoms with van der Waals surface area (Å²) in [5, 5.41) is 16.0. The van der Waals surface area contributed by atoms with Gasteiger partial charge in [0.15, 0.2) is 0 Å². The molecule has 0 aliphatic heterocycles. The van der Waals surface area contributed by atoms with Crippen LogP contribution < -0.4 is 0 Å². The Labute approximate surface area is 164 Å². The standard InChI is InChI=1S/C12H3Cl7O4/c13-2-1-3(14)6(16)4(5(2)15)10(20)8(18)7(17)9(19)11(21)12(22)23/h1,20H,(H,22,23)/b9-7+,10-8+. The molecule has 0 aliphatic carbocycles. The fraction of sp³-hybridized carbons (Fsp3) is 0. The summed E-state index contributed by atoms with van der Waals surface area (Å²) < 4.78 is 0. The molecule has 0 bridgehead atoms. The Hall–Kier alpha value is -0.330. The van der Waals surface area contributed by atoms with Crippen molar-refractivity contribution in [2.75, 3.05) is 0 Å². The van der Waals surface area contributed by atoms with Gasteiger partial charge in [-0.05, 0) is 6.07 Å². The Balaban J connectivity index is 3.63. The molecule has 0 radical (unpaired) electrons. The van der Waals surface area contributed by atoms with Crippen LogP contribution in [0.5, 0.6) is 0 Å². The summed E-state index contributed by atoms with van der Waals surface area (Å²) in [5.41, 5.74) is -0.263. The van der Waals surface area contributed by atoms with E-state index < -0.39 is 32.6 Å². The van der Waals surface area contributed by atoms with E-state index in [0.717, 1.165) is 0 Å². The van der Waals surface area contributed by atoms with Gasteiger partial charge in [0.05, 0.1) is 30.7 Å². The van der Waals surface area contributed by atoms with E-state index in [1.165, 1.54) is 6.07 Å². The largest absolute Gasteiger partial charge is 0.506 e. The summed E-state index contributed by atoms with van der Waals surface area (Å²) in [6.45, 7) is 0. The minimum atomic E-state index is -1.86. The summed E-state index contributed by atoms with van der Waals surface area (Å²) in [6, 6.07) is 1.23. The summed E-state index contributed by atoms with van der Waals surface area (Å²) in [5.74, 6) is -4.18. The molecule has 1 aromatic carbocycles. The number of allylic oxidation sites excluding steroid dienone is 2. The van der Waals surface area contributed by atoms with Crippen molar-refractivity contribution in [3.8, 4) is 0 Å². The zero-order valence-electron chi connectivity index (χ0n) is 10.4. The van der Waals surface area contributed by atoms with Gasteiger partial charge in [-0.15, -0.1) is 0 Å². The van der Waals surface area contributed by atoms with E-state index in [4.69, 9.17) is 86.3 Å². The van der Waals surface area contributed by atoms with Crippen LogP contribution in [0, 0.1) is 0 Å². The number of carboxylic acid groups (broad SMARTS) is 1. The van der Waals surface area contributed by atoms with Crippen molar-refractivity contribution >= 4 is 98.7 Å². The minimum Gasteiger partial charge on any atom is -0.506 e. The van der Waals surface area contributed by atoms with Crippen molar-refractivity contribution in [2.24, 2.45) is 0 Å². The van der Waals surface area contributed by atoms with Gasteiger partial charge in [-0.1, -0.05) is 81.2 Å². The maximum atomic E-state index is 11.3. The third-order valence-corrected chi connectivity index (χ3v) is 5.21. The Morgan fingerprint density at radius 1 is 0.783 bits per heavy atom. The highest BCUT2D eigenvalue weighted by molar-refractivity contribution is 6.61. The van der Waals surface area contributed by atoms with E-state index in [1.54, 1.807) is 0 Å². The summed E-state index contributed by atoms with van der Waals surface area (Å²) >= 11 is 40.5. The van der Waals surface area contributed by atoms with E-state index in [9.17, 15) is 14.7 Å². The number of Topliss-reactive ketones (excluding diaryl/α,β-unsaturated/α-hetero) is 1. The summed E-state index contributed by atoms with van der Waals surface area (Å²) in [6.07, 6.45) is 0. The smallest absolute Gasteiger partial charge is 0.378 e. The molecule has 0 saturated heterocycles. The van der Waals surface area contributed by atoms with Gasteiger partial charge in [0.2, 0.25) is 0 Å². The van der Waals surface area contributed by atoms with Crippen LogP contribution in [0.2, 0.25) is 20.1 Å². The van der Waals surface area contributed by atoms with Crippen molar-refractivity contribution in [3.63, 3.8) is 0 Å². The second-order valence-electron chi connectivity index (χ2n) is 3.77. The molecule has 1 aromatic rings. The first-order valence-electron chi connectivity index (χ1n) is 5.26. The fourth-order valence-corrected chi connectivity index (χ4v) is 2.86. The quantitative estimate of drug-likeness (QED) is 0.187. The van der Waals surface area contributed by atoms with Crippen molar-refractivity contribution < 1.29 is 19.8 Å². The third kappa shape index (κ3) is 4.40. The van der Waals surface area contributed by atoms with E-state index in [0.29, 0.717) is 0 Å². The topological polar surface area (TPSA) is 74.6 Å². The SMILES string of the molecule is O=C(O)C(=O)/C(Cl)=C(Cl)/C(Cl)=C(\O)c1c(Cl)c(Cl)cc(Cl)c1Cl. The molecule has 0 amide bonds. The predicted molar refractivity (Wildman–Crippen MR) is 93.3 cm³/mol. The zero-order valence-corrected chi connectivity index (χ0v) is 15.7. The van der Waals surface area contributed by atoms with Gasteiger partial charge < -0.3 is 10.2 Å². The molecule has 11 heteroatoms. The molecule has 4 nitrogen and oxygen atoms in total. The number of benzene rings is 1. The van der Waals surface area contributed by atoms with Crippen LogP contribution in [0.3, 0.4) is 0 Å². The van der Waals surface area contributed by atoms with Crippen LogP contribution in [0.15, 0.2) is 21.2 Å². The van der Waals surface area contributed by atoms with Crippen LogP contribution in [0.4, 0.5) is 0 Å². The third-order valence-electron chi connectivity index (χ3n) is 2.34. The number of aliphatic hydroxyl groups is 1. The van der Waals surface area contributed by atoms with Crippen LogP contribution in [0.1, 0.15) is 5.56 Å². The number of rotatable bonds is 4. The first kappa shape index (κ1) is 20.7. The molecule has 0 atom stereocenters. The monoisotopic (exact) mass is 456 g/mol. The molecule has 124 valence electrons. The van der Waals surface area contributed by atoms with Crippen molar-refractivity contribution in [1.82, 2.24) is 0 Å². The first-order valence-corrected chi connectivity index (χ1v) is 7.90. The fourth-order valence-electron chi connectivity index (χ4n) is 1.28. The van der Waals surface area contributed by atoms with Gasteiger partial charge in [0.25, 0.3) is 5.78 Å². The molecule has 1 rings (SSSR count). The van der Waals surface area contributed by atoms with Gasteiger partial charge >= 0.3 is 5.97 Å². The number of hydrogen-bond donors (Lipinski definition) is 2. The highest BCUT2D eigenvalue weighted by Gasteiger charge is 2.25. The average molecular weight is 459 g/mol. The lowest BCUT2D eigenvalue weighted by molar-refractivity contribution is -0.146. The minimum absolute atomic E-state index is 0.0418. The normalized spacial score (nSPS) is 13.3. The number of hydrogen-bond acceptors (Lipinski definition) is 3. The lowest BCUT2D eigenvalue weighted by atomic mass is 10.1. The van der Waals surface area contributed by atoms with E-state index in [2.05, 4.69) is 0 Å². The molecular weight excluding hydrogens is 456 g/mol. The van der Waals surface area contributed by atoms with Crippen molar-refractivity contribution in [2.45, 2.75) is 0 Å². The van der Waals surface area contributed by atoms with Crippen LogP contribution in [-0.2, 0) is 9.59 Å². The molecule has 0 heterocycles. The molecule has 2 N–H and O–H groups in total. The summed E-state index contributed by atoms with van der Waals surface area (Å²) in [4.78, 5) is 21.8. The van der Waals surface area contributed by atoms with Gasteiger partial charge in [0.1, 0.15) is 15.8 Å².